The molecule has 0 spiro atoms. The number of amides is 2. The molecule has 1 rings (SSSR count). The highest BCUT2D eigenvalue weighted by molar-refractivity contribution is 5.82. The minimum Gasteiger partial charge on any atom is -0.356 e. The Balaban J connectivity index is 1.80. The van der Waals surface area contributed by atoms with Gasteiger partial charge in [-0.15, -0.1) is 0 Å². The third kappa shape index (κ3) is 12.3. The fraction of sp³-hybridized carbons (Fsp3) is 0.905. The lowest BCUT2D eigenvalue weighted by molar-refractivity contribution is -0.123. The third-order valence-electron chi connectivity index (χ3n) is 5.11. The molecule has 1 saturated heterocycles. The van der Waals surface area contributed by atoms with Gasteiger partial charge in [0, 0.05) is 19.5 Å². The average Bonchev–Trinajstić information content (AvgIpc) is 3.18. The van der Waals surface area contributed by atoms with Crippen molar-refractivity contribution in [2.45, 2.75) is 103 Å². The van der Waals surface area contributed by atoms with Gasteiger partial charge in [0.05, 0.1) is 6.04 Å². The molecule has 0 radical (unpaired) electrons. The van der Waals surface area contributed by atoms with Gasteiger partial charge < -0.3 is 16.0 Å². The molecule has 0 saturated carbocycles. The van der Waals surface area contributed by atoms with E-state index in [1.165, 1.54) is 57.8 Å². The minimum atomic E-state index is -0.0276. The first kappa shape index (κ1) is 22.9. The highest BCUT2D eigenvalue weighted by Gasteiger charge is 2.21. The van der Waals surface area contributed by atoms with Crippen LogP contribution >= 0.6 is 0 Å². The Kier molecular flexibility index (Phi) is 14.2. The number of carbonyl (C=O) groups is 2. The minimum absolute atomic E-state index is 0.0276. The molecule has 2 amide bonds. The number of hydrogen-bond donors (Lipinski definition) is 3. The van der Waals surface area contributed by atoms with Crippen LogP contribution in [0.5, 0.6) is 0 Å². The number of rotatable bonds is 16. The van der Waals surface area contributed by atoms with Crippen molar-refractivity contribution in [3.63, 3.8) is 0 Å². The highest BCUT2D eigenvalue weighted by atomic mass is 16.2. The average molecular weight is 368 g/mol. The Hall–Kier alpha value is -1.10. The lowest BCUT2D eigenvalue weighted by atomic mass is 10.1. The van der Waals surface area contributed by atoms with Crippen LogP contribution in [0, 0.1) is 0 Å². The van der Waals surface area contributed by atoms with Gasteiger partial charge in [0.25, 0.3) is 0 Å². The van der Waals surface area contributed by atoms with Crippen LogP contribution in [0.2, 0.25) is 0 Å². The normalized spacial score (nSPS) is 16.6. The molecule has 5 heteroatoms. The first-order chi connectivity index (χ1) is 12.7. The SMILES string of the molecule is CCCCCCCCCCCCNC(=O)CCCNC(=O)C1CCCN1. The van der Waals surface area contributed by atoms with Gasteiger partial charge >= 0.3 is 0 Å². The standard InChI is InChI=1S/C21H41N3O2/c1-2-3-4-5-6-7-8-9-10-11-16-23-20(25)15-13-18-24-21(26)19-14-12-17-22-19/h19,22H,2-18H2,1H3,(H,23,25)(H,24,26). The summed E-state index contributed by atoms with van der Waals surface area (Å²) in [6.45, 7) is 4.56. The van der Waals surface area contributed by atoms with E-state index in [1.807, 2.05) is 0 Å². The third-order valence-corrected chi connectivity index (χ3v) is 5.11. The summed E-state index contributed by atoms with van der Waals surface area (Å²) in [5, 5.41) is 9.08. The van der Waals surface area contributed by atoms with Crippen LogP contribution in [0.25, 0.3) is 0 Å². The Bertz CT molecular complexity index is 368. The zero-order chi connectivity index (χ0) is 18.9. The maximum atomic E-state index is 11.8. The molecule has 0 aromatic rings. The first-order valence-electron chi connectivity index (χ1n) is 11.0. The summed E-state index contributed by atoms with van der Waals surface area (Å²) >= 11 is 0. The molecule has 0 aromatic heterocycles. The molecule has 1 heterocycles. The quantitative estimate of drug-likeness (QED) is 0.365. The lowest BCUT2D eigenvalue weighted by Crippen LogP contribution is -2.40. The maximum absolute atomic E-state index is 11.8. The van der Waals surface area contributed by atoms with Crippen LogP contribution < -0.4 is 16.0 Å². The molecule has 1 atom stereocenters. The predicted molar refractivity (Wildman–Crippen MR) is 108 cm³/mol. The molecular formula is C21H41N3O2. The molecule has 152 valence electrons. The van der Waals surface area contributed by atoms with Crippen molar-refractivity contribution in [2.24, 2.45) is 0 Å². The molecule has 1 aliphatic heterocycles. The van der Waals surface area contributed by atoms with Gasteiger partial charge in [0.15, 0.2) is 0 Å². The van der Waals surface area contributed by atoms with Crippen molar-refractivity contribution in [3.8, 4) is 0 Å². The van der Waals surface area contributed by atoms with E-state index in [0.717, 1.165) is 32.4 Å². The van der Waals surface area contributed by atoms with Gasteiger partial charge in [-0.25, -0.2) is 0 Å². The van der Waals surface area contributed by atoms with Crippen molar-refractivity contribution in [1.82, 2.24) is 16.0 Å². The van der Waals surface area contributed by atoms with E-state index < -0.39 is 0 Å². The van der Waals surface area contributed by atoms with E-state index in [2.05, 4.69) is 22.9 Å². The van der Waals surface area contributed by atoms with E-state index in [-0.39, 0.29) is 17.9 Å². The van der Waals surface area contributed by atoms with Crippen LogP contribution in [0.15, 0.2) is 0 Å². The Labute approximate surface area is 160 Å². The van der Waals surface area contributed by atoms with E-state index in [1.54, 1.807) is 0 Å². The molecule has 0 bridgehead atoms. The Morgan fingerprint density at radius 2 is 1.46 bits per heavy atom. The predicted octanol–water partition coefficient (Wildman–Crippen LogP) is 3.67. The van der Waals surface area contributed by atoms with Gasteiger partial charge in [0.1, 0.15) is 0 Å². The topological polar surface area (TPSA) is 70.2 Å². The van der Waals surface area contributed by atoms with Crippen LogP contribution in [-0.4, -0.2) is 37.5 Å². The van der Waals surface area contributed by atoms with Crippen molar-refractivity contribution in [1.29, 1.82) is 0 Å². The van der Waals surface area contributed by atoms with Gasteiger partial charge in [-0.2, -0.15) is 0 Å². The Morgan fingerprint density at radius 3 is 2.08 bits per heavy atom. The second-order valence-electron chi connectivity index (χ2n) is 7.58. The van der Waals surface area contributed by atoms with Crippen molar-refractivity contribution in [3.05, 3.63) is 0 Å². The largest absolute Gasteiger partial charge is 0.356 e. The molecular weight excluding hydrogens is 326 g/mol. The lowest BCUT2D eigenvalue weighted by Gasteiger charge is -2.11. The second-order valence-corrected chi connectivity index (χ2v) is 7.58. The van der Waals surface area contributed by atoms with Crippen LogP contribution in [0.3, 0.4) is 0 Å². The summed E-state index contributed by atoms with van der Waals surface area (Å²) in [5.74, 6) is 0.183. The molecule has 0 aromatic carbocycles. The van der Waals surface area contributed by atoms with E-state index in [4.69, 9.17) is 0 Å². The number of hydrogen-bond acceptors (Lipinski definition) is 3. The highest BCUT2D eigenvalue weighted by Crippen LogP contribution is 2.10. The second kappa shape index (κ2) is 16.1. The zero-order valence-electron chi connectivity index (χ0n) is 16.9. The number of carbonyl (C=O) groups excluding carboxylic acids is 2. The summed E-state index contributed by atoms with van der Waals surface area (Å²) < 4.78 is 0. The van der Waals surface area contributed by atoms with Crippen molar-refractivity contribution in [2.75, 3.05) is 19.6 Å². The monoisotopic (exact) mass is 367 g/mol. The fourth-order valence-corrected chi connectivity index (χ4v) is 3.42. The van der Waals surface area contributed by atoms with Gasteiger partial charge in [-0.1, -0.05) is 64.7 Å². The summed E-state index contributed by atoms with van der Waals surface area (Å²) in [4.78, 5) is 23.6. The summed E-state index contributed by atoms with van der Waals surface area (Å²) in [5.41, 5.74) is 0. The molecule has 26 heavy (non-hydrogen) atoms. The molecule has 0 aliphatic carbocycles. The smallest absolute Gasteiger partial charge is 0.237 e. The molecule has 5 nitrogen and oxygen atoms in total. The Morgan fingerprint density at radius 1 is 0.846 bits per heavy atom. The van der Waals surface area contributed by atoms with Gasteiger partial charge in [-0.3, -0.25) is 9.59 Å². The molecule has 3 N–H and O–H groups in total. The van der Waals surface area contributed by atoms with Crippen LogP contribution in [-0.2, 0) is 9.59 Å². The van der Waals surface area contributed by atoms with Gasteiger partial charge in [-0.05, 0) is 32.2 Å². The van der Waals surface area contributed by atoms with Crippen molar-refractivity contribution >= 4 is 11.8 Å². The van der Waals surface area contributed by atoms with E-state index in [9.17, 15) is 9.59 Å². The van der Waals surface area contributed by atoms with Gasteiger partial charge in [0.2, 0.25) is 11.8 Å². The van der Waals surface area contributed by atoms with E-state index >= 15 is 0 Å². The van der Waals surface area contributed by atoms with Crippen LogP contribution in [0.4, 0.5) is 0 Å². The fourth-order valence-electron chi connectivity index (χ4n) is 3.42. The van der Waals surface area contributed by atoms with Crippen molar-refractivity contribution < 1.29 is 9.59 Å². The molecule has 1 fully saturated rings. The molecule has 1 aliphatic rings. The number of nitrogens with one attached hydrogen (secondary N) is 3. The summed E-state index contributed by atoms with van der Waals surface area (Å²) in [6.07, 6.45) is 16.3. The first-order valence-corrected chi connectivity index (χ1v) is 11.0. The number of unbranched alkanes of at least 4 members (excludes halogenated alkanes) is 9. The van der Waals surface area contributed by atoms with E-state index in [0.29, 0.717) is 19.4 Å². The summed E-state index contributed by atoms with van der Waals surface area (Å²) in [7, 11) is 0. The zero-order valence-corrected chi connectivity index (χ0v) is 16.9. The van der Waals surface area contributed by atoms with Crippen LogP contribution in [0.1, 0.15) is 96.8 Å². The maximum Gasteiger partial charge on any atom is 0.237 e. The molecule has 1 unspecified atom stereocenters. The summed E-state index contributed by atoms with van der Waals surface area (Å²) in [6, 6.07) is -0.0276.